The molecular weight excluding hydrogens is 294 g/mol. The van der Waals surface area contributed by atoms with E-state index < -0.39 is 0 Å². The molecule has 0 saturated carbocycles. The summed E-state index contributed by atoms with van der Waals surface area (Å²) in [4.78, 5) is 7.82. The van der Waals surface area contributed by atoms with Crippen LogP contribution in [0.2, 0.25) is 0 Å². The van der Waals surface area contributed by atoms with Gasteiger partial charge in [0.25, 0.3) is 0 Å². The molecule has 2 saturated heterocycles. The summed E-state index contributed by atoms with van der Waals surface area (Å²) < 4.78 is 0. The Balaban J connectivity index is 1.33. The number of piperidine rings is 1. The van der Waals surface area contributed by atoms with Crippen molar-refractivity contribution < 1.29 is 0 Å². The average molecular weight is 328 g/mol. The van der Waals surface area contributed by atoms with Gasteiger partial charge in [0.05, 0.1) is 0 Å². The summed E-state index contributed by atoms with van der Waals surface area (Å²) in [5, 5.41) is 0. The Morgan fingerprint density at radius 1 is 0.958 bits per heavy atom. The van der Waals surface area contributed by atoms with E-state index in [-0.39, 0.29) is 0 Å². The molecule has 2 aliphatic rings. The third-order valence-corrected chi connectivity index (χ3v) is 5.64. The molecule has 2 aliphatic heterocycles. The van der Waals surface area contributed by atoms with E-state index in [1.165, 1.54) is 70.5 Å². The Morgan fingerprint density at radius 2 is 1.71 bits per heavy atom. The Hall–Kier alpha value is -1.16. The minimum absolute atomic E-state index is 0.825. The van der Waals surface area contributed by atoms with Crippen LogP contribution < -0.4 is 0 Å². The highest BCUT2D eigenvalue weighted by molar-refractivity contribution is 5.48. The minimum Gasteiger partial charge on any atom is -0.303 e. The van der Waals surface area contributed by atoms with E-state index in [1.54, 1.807) is 0 Å². The van der Waals surface area contributed by atoms with Crippen molar-refractivity contribution >= 4 is 6.08 Å². The van der Waals surface area contributed by atoms with E-state index in [0.29, 0.717) is 0 Å². The fourth-order valence-electron chi connectivity index (χ4n) is 3.94. The lowest BCUT2D eigenvalue weighted by Gasteiger charge is -2.37. The van der Waals surface area contributed by atoms with Crippen molar-refractivity contribution in [2.75, 3.05) is 52.9 Å². The molecule has 0 aromatic heterocycles. The summed E-state index contributed by atoms with van der Waals surface area (Å²) in [7, 11) is 2.31. The molecule has 3 rings (SSSR count). The third kappa shape index (κ3) is 5.44. The lowest BCUT2D eigenvalue weighted by Crippen LogP contribution is -2.47. The number of nitrogens with zero attached hydrogens (tertiary/aromatic N) is 3. The molecule has 1 unspecified atom stereocenters. The van der Waals surface area contributed by atoms with Crippen molar-refractivity contribution in [2.45, 2.75) is 31.7 Å². The topological polar surface area (TPSA) is 9.72 Å². The molecule has 0 aliphatic carbocycles. The molecule has 24 heavy (non-hydrogen) atoms. The van der Waals surface area contributed by atoms with Gasteiger partial charge in [0.2, 0.25) is 0 Å². The molecule has 2 heterocycles. The van der Waals surface area contributed by atoms with E-state index in [9.17, 15) is 0 Å². The molecule has 1 aromatic carbocycles. The van der Waals surface area contributed by atoms with E-state index in [4.69, 9.17) is 0 Å². The largest absolute Gasteiger partial charge is 0.303 e. The lowest BCUT2D eigenvalue weighted by molar-refractivity contribution is 0.115. The summed E-state index contributed by atoms with van der Waals surface area (Å²) in [5.41, 5.74) is 1.30. The summed E-state index contributed by atoms with van der Waals surface area (Å²) in [6.45, 7) is 8.54. The first-order chi connectivity index (χ1) is 11.8. The van der Waals surface area contributed by atoms with E-state index >= 15 is 0 Å². The molecule has 132 valence electrons. The zero-order valence-corrected chi connectivity index (χ0v) is 15.2. The van der Waals surface area contributed by atoms with Crippen molar-refractivity contribution in [3.63, 3.8) is 0 Å². The van der Waals surface area contributed by atoms with Gasteiger partial charge in [-0.1, -0.05) is 48.9 Å². The first-order valence-corrected chi connectivity index (χ1v) is 9.68. The van der Waals surface area contributed by atoms with E-state index in [2.05, 4.69) is 64.2 Å². The van der Waals surface area contributed by atoms with Gasteiger partial charge in [-0.05, 0) is 45.0 Å². The summed E-state index contributed by atoms with van der Waals surface area (Å²) in [5.74, 6) is 0. The van der Waals surface area contributed by atoms with Crippen molar-refractivity contribution in [3.8, 4) is 0 Å². The molecular formula is C21H33N3. The fourth-order valence-corrected chi connectivity index (χ4v) is 3.94. The maximum atomic E-state index is 2.67. The van der Waals surface area contributed by atoms with Gasteiger partial charge in [0.1, 0.15) is 0 Å². The molecule has 0 radical (unpaired) electrons. The normalized spacial score (nSPS) is 24.6. The van der Waals surface area contributed by atoms with Crippen molar-refractivity contribution in [1.82, 2.24) is 14.7 Å². The number of benzene rings is 1. The van der Waals surface area contributed by atoms with Crippen molar-refractivity contribution in [3.05, 3.63) is 42.0 Å². The number of likely N-dealkylation sites (tertiary alicyclic amines) is 1. The molecule has 0 amide bonds. The Kier molecular flexibility index (Phi) is 6.88. The lowest BCUT2D eigenvalue weighted by atomic mass is 10.00. The molecule has 3 nitrogen and oxygen atoms in total. The molecule has 2 fully saturated rings. The zero-order chi connectivity index (χ0) is 16.6. The second-order valence-electron chi connectivity index (χ2n) is 7.37. The van der Waals surface area contributed by atoms with Crippen LogP contribution in [-0.2, 0) is 0 Å². The molecule has 1 aromatic rings. The van der Waals surface area contributed by atoms with Crippen LogP contribution in [0.1, 0.15) is 31.2 Å². The van der Waals surface area contributed by atoms with E-state index in [0.717, 1.165) is 12.6 Å². The van der Waals surface area contributed by atoms with Gasteiger partial charge in [0.15, 0.2) is 0 Å². The van der Waals surface area contributed by atoms with Crippen LogP contribution in [0.4, 0.5) is 0 Å². The monoisotopic (exact) mass is 327 g/mol. The fraction of sp³-hybridized carbons (Fsp3) is 0.619. The number of hydrogen-bond acceptors (Lipinski definition) is 3. The van der Waals surface area contributed by atoms with Gasteiger partial charge in [-0.15, -0.1) is 0 Å². The Bertz CT molecular complexity index is 491. The van der Waals surface area contributed by atoms with Gasteiger partial charge in [-0.2, -0.15) is 0 Å². The summed E-state index contributed by atoms with van der Waals surface area (Å²) in [6, 6.07) is 11.4. The van der Waals surface area contributed by atoms with Gasteiger partial charge in [-0.25, -0.2) is 0 Å². The van der Waals surface area contributed by atoms with Crippen LogP contribution in [0.15, 0.2) is 36.4 Å². The zero-order valence-electron chi connectivity index (χ0n) is 15.2. The minimum atomic E-state index is 0.825. The number of rotatable bonds is 6. The van der Waals surface area contributed by atoms with Crippen LogP contribution >= 0.6 is 0 Å². The highest BCUT2D eigenvalue weighted by Gasteiger charge is 2.21. The second kappa shape index (κ2) is 9.36. The van der Waals surface area contributed by atoms with Crippen molar-refractivity contribution in [1.29, 1.82) is 0 Å². The van der Waals surface area contributed by atoms with Gasteiger partial charge >= 0.3 is 0 Å². The maximum Gasteiger partial charge on any atom is 0.0167 e. The quantitative estimate of drug-likeness (QED) is 0.794. The van der Waals surface area contributed by atoms with Gasteiger partial charge < -0.3 is 9.80 Å². The molecule has 0 spiro atoms. The smallest absolute Gasteiger partial charge is 0.0167 e. The molecule has 0 N–H and O–H groups in total. The summed E-state index contributed by atoms with van der Waals surface area (Å²) >= 11 is 0. The molecule has 3 heteroatoms. The van der Waals surface area contributed by atoms with E-state index in [1.807, 2.05) is 0 Å². The second-order valence-corrected chi connectivity index (χ2v) is 7.37. The first-order valence-electron chi connectivity index (χ1n) is 9.68. The van der Waals surface area contributed by atoms with Crippen LogP contribution in [0.3, 0.4) is 0 Å². The molecule has 1 atom stereocenters. The summed E-state index contributed by atoms with van der Waals surface area (Å²) in [6.07, 6.45) is 10.1. The van der Waals surface area contributed by atoms with Gasteiger partial charge in [0, 0.05) is 38.8 Å². The predicted molar refractivity (Wildman–Crippen MR) is 103 cm³/mol. The Labute approximate surface area is 147 Å². The molecule has 0 bridgehead atoms. The standard InChI is InChI=1S/C21H33N3/c1-22-13-6-5-11-21(22)12-15-24-18-16-23(17-19-24)14-7-10-20-8-3-2-4-9-20/h2-4,7-10,21H,5-6,11-19H2,1H3. The highest BCUT2D eigenvalue weighted by Crippen LogP contribution is 2.18. The Morgan fingerprint density at radius 3 is 2.46 bits per heavy atom. The van der Waals surface area contributed by atoms with Crippen LogP contribution in [-0.4, -0.2) is 73.6 Å². The SMILES string of the molecule is CN1CCCCC1CCN1CCN(CC=Cc2ccccc2)CC1. The van der Waals surface area contributed by atoms with Crippen LogP contribution in [0.5, 0.6) is 0 Å². The number of piperazine rings is 1. The average Bonchev–Trinajstić information content (AvgIpc) is 2.63. The van der Waals surface area contributed by atoms with Crippen molar-refractivity contribution in [2.24, 2.45) is 0 Å². The third-order valence-electron chi connectivity index (χ3n) is 5.64. The maximum absolute atomic E-state index is 2.67. The van der Waals surface area contributed by atoms with Crippen LogP contribution in [0, 0.1) is 0 Å². The number of hydrogen-bond donors (Lipinski definition) is 0. The van der Waals surface area contributed by atoms with Gasteiger partial charge in [-0.3, -0.25) is 4.90 Å². The predicted octanol–water partition coefficient (Wildman–Crippen LogP) is 3.19. The highest BCUT2D eigenvalue weighted by atomic mass is 15.3. The first kappa shape index (κ1) is 17.7. The van der Waals surface area contributed by atoms with Crippen LogP contribution in [0.25, 0.3) is 6.08 Å².